The van der Waals surface area contributed by atoms with Crippen molar-refractivity contribution in [2.75, 3.05) is 20.6 Å². The van der Waals surface area contributed by atoms with E-state index in [1.807, 2.05) is 0 Å². The molecule has 0 heterocycles. The average Bonchev–Trinajstić information content (AvgIpc) is 2.25. The Kier molecular flexibility index (Phi) is 6.50. The van der Waals surface area contributed by atoms with Gasteiger partial charge in [0.25, 0.3) is 0 Å². The molecule has 0 aliphatic carbocycles. The Bertz CT molecular complexity index is 329. The maximum Gasteiger partial charge on any atom is 0.331 e. The van der Waals surface area contributed by atoms with Gasteiger partial charge >= 0.3 is 11.9 Å². The minimum atomic E-state index is -1.78. The molecule has 0 saturated carbocycles. The van der Waals surface area contributed by atoms with E-state index in [4.69, 9.17) is 10.8 Å². The Labute approximate surface area is 106 Å². The van der Waals surface area contributed by atoms with Gasteiger partial charge in [-0.1, -0.05) is 0 Å². The largest absolute Gasteiger partial charge is 0.481 e. The van der Waals surface area contributed by atoms with Crippen molar-refractivity contribution in [2.45, 2.75) is 31.2 Å². The van der Waals surface area contributed by atoms with Crippen LogP contribution < -0.4 is 5.73 Å². The molecule has 0 rings (SSSR count). The van der Waals surface area contributed by atoms with E-state index in [1.165, 1.54) is 19.0 Å². The van der Waals surface area contributed by atoms with Gasteiger partial charge in [0.15, 0.2) is 11.3 Å². The molecule has 0 aromatic heterocycles. The molecule has 0 spiro atoms. The topological polar surface area (TPSA) is 121 Å². The number of likely N-dealkylation sites (N-methyl/N-ethyl adjacent to an activating group) is 1. The van der Waals surface area contributed by atoms with Crippen molar-refractivity contribution in [3.05, 3.63) is 0 Å². The molecule has 0 fully saturated rings. The molecule has 0 aliphatic heterocycles. The van der Waals surface area contributed by atoms with Crippen LogP contribution in [-0.2, 0) is 14.4 Å². The predicted molar refractivity (Wildman–Crippen MR) is 64.2 cm³/mol. The van der Waals surface area contributed by atoms with Crippen molar-refractivity contribution in [3.8, 4) is 0 Å². The number of carboxylic acids is 2. The van der Waals surface area contributed by atoms with Crippen molar-refractivity contribution in [2.24, 2.45) is 5.73 Å². The number of nitrogens with two attached hydrogens (primary N) is 1. The van der Waals surface area contributed by atoms with Gasteiger partial charge in [0.1, 0.15) is 0 Å². The molecule has 0 aliphatic rings. The van der Waals surface area contributed by atoms with E-state index < -0.39 is 23.3 Å². The fraction of sp³-hybridized carbons (Fsp3) is 0.727. The monoisotopic (exact) mass is 260 g/mol. The lowest BCUT2D eigenvalue weighted by atomic mass is 9.85. The molecule has 0 amide bonds. The highest BCUT2D eigenvalue weighted by molar-refractivity contribution is 6.08. The molecule has 0 radical (unpaired) electrons. The standard InChI is InChI=1S/C11H20N2O5/c1-13(2)11(10(17)18,6-5-9(15)16)8(14)4-3-7-12/h3-7,12H2,1-2H3,(H,15,16)(H,17,18)/t11-/m1/s1. The number of carbonyl (C=O) groups is 3. The van der Waals surface area contributed by atoms with E-state index in [1.54, 1.807) is 0 Å². The van der Waals surface area contributed by atoms with Crippen LogP contribution in [0.5, 0.6) is 0 Å². The van der Waals surface area contributed by atoms with Gasteiger partial charge in [-0.3, -0.25) is 14.5 Å². The molecule has 7 heteroatoms. The molecule has 18 heavy (non-hydrogen) atoms. The first kappa shape index (κ1) is 16.5. The van der Waals surface area contributed by atoms with Crippen LogP contribution in [0.1, 0.15) is 25.7 Å². The lowest BCUT2D eigenvalue weighted by molar-refractivity contribution is -0.157. The summed E-state index contributed by atoms with van der Waals surface area (Å²) in [6, 6.07) is 0. The van der Waals surface area contributed by atoms with Crippen LogP contribution >= 0.6 is 0 Å². The van der Waals surface area contributed by atoms with E-state index in [0.717, 1.165) is 0 Å². The van der Waals surface area contributed by atoms with Crippen LogP contribution in [0.2, 0.25) is 0 Å². The van der Waals surface area contributed by atoms with Crippen LogP contribution in [0, 0.1) is 0 Å². The lowest BCUT2D eigenvalue weighted by Gasteiger charge is -2.34. The highest BCUT2D eigenvalue weighted by atomic mass is 16.4. The first-order valence-electron chi connectivity index (χ1n) is 5.65. The average molecular weight is 260 g/mol. The second-order valence-electron chi connectivity index (χ2n) is 4.27. The van der Waals surface area contributed by atoms with Gasteiger partial charge in [0.05, 0.1) is 0 Å². The summed E-state index contributed by atoms with van der Waals surface area (Å²) in [6.45, 7) is 0.286. The number of hydrogen-bond acceptors (Lipinski definition) is 5. The molecule has 1 atom stereocenters. The van der Waals surface area contributed by atoms with E-state index in [-0.39, 0.29) is 25.8 Å². The zero-order chi connectivity index (χ0) is 14.3. The molecule has 0 aromatic rings. The van der Waals surface area contributed by atoms with Gasteiger partial charge in [-0.25, -0.2) is 4.79 Å². The van der Waals surface area contributed by atoms with E-state index in [0.29, 0.717) is 6.42 Å². The molecule has 0 aromatic carbocycles. The second-order valence-corrected chi connectivity index (χ2v) is 4.27. The predicted octanol–water partition coefficient (Wildman–Crippen LogP) is -0.456. The Morgan fingerprint density at radius 1 is 1.17 bits per heavy atom. The summed E-state index contributed by atoms with van der Waals surface area (Å²) in [5, 5.41) is 17.9. The van der Waals surface area contributed by atoms with Crippen molar-refractivity contribution >= 4 is 17.7 Å². The molecular weight excluding hydrogens is 240 g/mol. The molecule has 7 nitrogen and oxygen atoms in total. The summed E-state index contributed by atoms with van der Waals surface area (Å²) in [4.78, 5) is 35.3. The van der Waals surface area contributed by atoms with E-state index in [2.05, 4.69) is 0 Å². The fourth-order valence-electron chi connectivity index (χ4n) is 1.79. The number of nitrogens with zero attached hydrogens (tertiary/aromatic N) is 1. The molecule has 0 unspecified atom stereocenters. The highest BCUT2D eigenvalue weighted by Gasteiger charge is 2.47. The third-order valence-electron chi connectivity index (χ3n) is 2.89. The molecule has 0 bridgehead atoms. The van der Waals surface area contributed by atoms with Crippen LogP contribution in [0.4, 0.5) is 0 Å². The van der Waals surface area contributed by atoms with Crippen molar-refractivity contribution < 1.29 is 24.6 Å². The van der Waals surface area contributed by atoms with Gasteiger partial charge in [-0.15, -0.1) is 0 Å². The maximum atomic E-state index is 12.0. The van der Waals surface area contributed by atoms with Crippen LogP contribution in [-0.4, -0.2) is 59.0 Å². The van der Waals surface area contributed by atoms with E-state index in [9.17, 15) is 19.5 Å². The zero-order valence-electron chi connectivity index (χ0n) is 10.7. The Balaban J connectivity index is 5.15. The van der Waals surface area contributed by atoms with E-state index >= 15 is 0 Å². The summed E-state index contributed by atoms with van der Waals surface area (Å²) in [5.41, 5.74) is 3.50. The van der Waals surface area contributed by atoms with Crippen molar-refractivity contribution in [1.29, 1.82) is 0 Å². The van der Waals surface area contributed by atoms with Gasteiger partial charge < -0.3 is 15.9 Å². The van der Waals surface area contributed by atoms with Crippen LogP contribution in [0.25, 0.3) is 0 Å². The molecule has 0 saturated heterocycles. The minimum absolute atomic E-state index is 0.0284. The SMILES string of the molecule is CN(C)[C@@](CCC(=O)O)(C(=O)O)C(=O)CCCN. The number of carbonyl (C=O) groups excluding carboxylic acids is 1. The Hall–Kier alpha value is -1.47. The van der Waals surface area contributed by atoms with Gasteiger partial charge in [0.2, 0.25) is 0 Å². The number of Topliss-reactive ketones (excluding diaryl/α,β-unsaturated/α-hetero) is 1. The lowest BCUT2D eigenvalue weighted by Crippen LogP contribution is -2.57. The Morgan fingerprint density at radius 3 is 2.06 bits per heavy atom. The number of rotatable bonds is 9. The smallest absolute Gasteiger partial charge is 0.331 e. The summed E-state index contributed by atoms with van der Waals surface area (Å²) < 4.78 is 0. The van der Waals surface area contributed by atoms with Gasteiger partial charge in [-0.2, -0.15) is 0 Å². The number of ketones is 1. The summed E-state index contributed by atoms with van der Waals surface area (Å²) in [5.74, 6) is -2.96. The zero-order valence-corrected chi connectivity index (χ0v) is 10.7. The number of hydrogen-bond donors (Lipinski definition) is 3. The molecular formula is C11H20N2O5. The Morgan fingerprint density at radius 2 is 1.72 bits per heavy atom. The fourth-order valence-corrected chi connectivity index (χ4v) is 1.79. The first-order valence-corrected chi connectivity index (χ1v) is 5.65. The number of carboxylic acid groups (broad SMARTS) is 2. The molecule has 4 N–H and O–H groups in total. The van der Waals surface area contributed by atoms with Crippen LogP contribution in [0.15, 0.2) is 0 Å². The van der Waals surface area contributed by atoms with Crippen molar-refractivity contribution in [3.63, 3.8) is 0 Å². The highest BCUT2D eigenvalue weighted by Crippen LogP contribution is 2.23. The van der Waals surface area contributed by atoms with Crippen molar-refractivity contribution in [1.82, 2.24) is 4.90 Å². The number of aliphatic carboxylic acids is 2. The summed E-state index contributed by atoms with van der Waals surface area (Å²) in [6.07, 6.45) is -0.220. The first-order chi connectivity index (χ1) is 8.28. The van der Waals surface area contributed by atoms with Gasteiger partial charge in [-0.05, 0) is 33.5 Å². The maximum absolute atomic E-state index is 12.0. The minimum Gasteiger partial charge on any atom is -0.481 e. The third-order valence-corrected chi connectivity index (χ3v) is 2.89. The normalized spacial score (nSPS) is 14.2. The van der Waals surface area contributed by atoms with Crippen LogP contribution in [0.3, 0.4) is 0 Å². The summed E-state index contributed by atoms with van der Waals surface area (Å²) >= 11 is 0. The second kappa shape index (κ2) is 7.07. The third kappa shape index (κ3) is 3.78. The summed E-state index contributed by atoms with van der Waals surface area (Å²) in [7, 11) is 2.91. The quantitative estimate of drug-likeness (QED) is 0.480. The molecule has 104 valence electrons. The van der Waals surface area contributed by atoms with Gasteiger partial charge in [0, 0.05) is 12.8 Å².